The third-order valence-corrected chi connectivity index (χ3v) is 5.22. The zero-order valence-electron chi connectivity index (χ0n) is 12.5. The van der Waals surface area contributed by atoms with Crippen LogP contribution in [0, 0.1) is 5.82 Å². The normalized spacial score (nSPS) is 26.4. The van der Waals surface area contributed by atoms with Crippen molar-refractivity contribution in [3.05, 3.63) is 53.3 Å². The van der Waals surface area contributed by atoms with Gasteiger partial charge in [-0.15, -0.1) is 0 Å². The average molecular weight is 313 g/mol. The highest BCUT2D eigenvalue weighted by Gasteiger charge is 2.55. The first kappa shape index (κ1) is 13.2. The van der Waals surface area contributed by atoms with E-state index in [0.29, 0.717) is 12.5 Å². The van der Waals surface area contributed by atoms with E-state index in [1.165, 1.54) is 11.6 Å². The van der Waals surface area contributed by atoms with Crippen molar-refractivity contribution in [1.29, 1.82) is 0 Å². The number of hydrogen-bond donors (Lipinski definition) is 1. The molecule has 5 rings (SSSR count). The molecule has 2 aliphatic heterocycles. The number of fused-ring (bicyclic) bond motifs is 5. The molecule has 23 heavy (non-hydrogen) atoms. The number of nitrogens with one attached hydrogen (secondary N) is 1. The first-order valence-electron chi connectivity index (χ1n) is 7.79. The van der Waals surface area contributed by atoms with Crippen LogP contribution in [0.5, 0.6) is 17.2 Å². The lowest BCUT2D eigenvalue weighted by Crippen LogP contribution is -2.48. The average Bonchev–Trinajstić information content (AvgIpc) is 3.16. The van der Waals surface area contributed by atoms with Gasteiger partial charge >= 0.3 is 0 Å². The summed E-state index contributed by atoms with van der Waals surface area (Å²) in [5.41, 5.74) is 2.26. The van der Waals surface area contributed by atoms with Crippen LogP contribution in [0.2, 0.25) is 0 Å². The molecule has 4 nitrogen and oxygen atoms in total. The molecule has 1 saturated heterocycles. The smallest absolute Gasteiger partial charge is 0.231 e. The maximum atomic E-state index is 13.5. The second-order valence-corrected chi connectivity index (χ2v) is 6.37. The molecule has 1 N–H and O–H groups in total. The number of rotatable bonds is 3. The Kier molecular flexibility index (Phi) is 2.65. The van der Waals surface area contributed by atoms with Crippen molar-refractivity contribution >= 4 is 0 Å². The lowest BCUT2D eigenvalue weighted by molar-refractivity contribution is 0.173. The van der Waals surface area contributed by atoms with Gasteiger partial charge in [0, 0.05) is 25.1 Å². The molecule has 1 fully saturated rings. The fourth-order valence-electron chi connectivity index (χ4n) is 4.05. The summed E-state index contributed by atoms with van der Waals surface area (Å²) in [6, 6.07) is 10.7. The molecule has 5 heteroatoms. The minimum absolute atomic E-state index is 0.0561. The van der Waals surface area contributed by atoms with Crippen molar-refractivity contribution in [2.24, 2.45) is 0 Å². The van der Waals surface area contributed by atoms with E-state index in [9.17, 15) is 4.39 Å². The zero-order chi connectivity index (χ0) is 15.4. The number of benzene rings is 2. The van der Waals surface area contributed by atoms with Gasteiger partial charge in [-0.1, -0.05) is 6.07 Å². The van der Waals surface area contributed by atoms with E-state index in [4.69, 9.17) is 14.2 Å². The maximum absolute atomic E-state index is 13.5. The zero-order valence-corrected chi connectivity index (χ0v) is 12.5. The highest BCUT2D eigenvalue weighted by molar-refractivity contribution is 5.53. The Morgan fingerprint density at radius 1 is 1.17 bits per heavy atom. The van der Waals surface area contributed by atoms with Gasteiger partial charge in [-0.3, -0.25) is 0 Å². The molecular formula is C18H16FNO3. The SMILES string of the molecule is Fc1ccc2c(c1)[C@@H]1CNC[C@]21COc1ccc2c(c1)OCO2. The second-order valence-electron chi connectivity index (χ2n) is 6.37. The summed E-state index contributed by atoms with van der Waals surface area (Å²) >= 11 is 0. The van der Waals surface area contributed by atoms with Gasteiger partial charge in [0.15, 0.2) is 11.5 Å². The molecular weight excluding hydrogens is 297 g/mol. The van der Waals surface area contributed by atoms with Crippen LogP contribution in [0.3, 0.4) is 0 Å². The predicted octanol–water partition coefficient (Wildman–Crippen LogP) is 2.57. The topological polar surface area (TPSA) is 39.7 Å². The lowest BCUT2D eigenvalue weighted by Gasteiger charge is -2.46. The van der Waals surface area contributed by atoms with Crippen LogP contribution >= 0.6 is 0 Å². The van der Waals surface area contributed by atoms with Gasteiger partial charge in [0.2, 0.25) is 6.79 Å². The molecule has 0 spiro atoms. The quantitative estimate of drug-likeness (QED) is 0.945. The van der Waals surface area contributed by atoms with E-state index >= 15 is 0 Å². The van der Waals surface area contributed by atoms with E-state index in [-0.39, 0.29) is 18.0 Å². The predicted molar refractivity (Wildman–Crippen MR) is 81.7 cm³/mol. The van der Waals surface area contributed by atoms with Crippen molar-refractivity contribution in [1.82, 2.24) is 5.32 Å². The summed E-state index contributed by atoms with van der Waals surface area (Å²) in [4.78, 5) is 0. The Morgan fingerprint density at radius 3 is 3.04 bits per heavy atom. The second kappa shape index (κ2) is 4.61. The van der Waals surface area contributed by atoms with E-state index in [1.54, 1.807) is 6.07 Å². The summed E-state index contributed by atoms with van der Waals surface area (Å²) in [6.45, 7) is 2.57. The molecule has 1 aliphatic carbocycles. The summed E-state index contributed by atoms with van der Waals surface area (Å²) < 4.78 is 30.2. The fourth-order valence-corrected chi connectivity index (χ4v) is 4.05. The van der Waals surface area contributed by atoms with Gasteiger partial charge in [0.1, 0.15) is 11.6 Å². The van der Waals surface area contributed by atoms with Crippen molar-refractivity contribution in [2.75, 3.05) is 26.5 Å². The highest BCUT2D eigenvalue weighted by atomic mass is 19.1. The van der Waals surface area contributed by atoms with E-state index in [0.717, 1.165) is 35.9 Å². The van der Waals surface area contributed by atoms with Crippen LogP contribution in [0.15, 0.2) is 36.4 Å². The molecule has 0 unspecified atom stereocenters. The lowest BCUT2D eigenvalue weighted by atomic mass is 9.58. The summed E-state index contributed by atoms with van der Waals surface area (Å²) in [7, 11) is 0. The number of halogens is 1. The first-order chi connectivity index (χ1) is 11.3. The Bertz CT molecular complexity index is 794. The van der Waals surface area contributed by atoms with Crippen LogP contribution < -0.4 is 19.5 Å². The van der Waals surface area contributed by atoms with Gasteiger partial charge in [-0.2, -0.15) is 0 Å². The van der Waals surface area contributed by atoms with E-state index in [1.807, 2.05) is 24.3 Å². The Labute approximate surface area is 133 Å². The van der Waals surface area contributed by atoms with Gasteiger partial charge in [0.25, 0.3) is 0 Å². The van der Waals surface area contributed by atoms with Crippen LogP contribution in [0.4, 0.5) is 4.39 Å². The van der Waals surface area contributed by atoms with Crippen LogP contribution in [-0.2, 0) is 5.41 Å². The fraction of sp³-hybridized carbons (Fsp3) is 0.333. The largest absolute Gasteiger partial charge is 0.492 e. The molecule has 0 saturated carbocycles. The monoisotopic (exact) mass is 313 g/mol. The Morgan fingerprint density at radius 2 is 2.09 bits per heavy atom. The van der Waals surface area contributed by atoms with Crippen molar-refractivity contribution in [2.45, 2.75) is 11.3 Å². The Balaban J connectivity index is 1.41. The third-order valence-electron chi connectivity index (χ3n) is 5.22. The molecule has 2 aromatic rings. The third kappa shape index (κ3) is 1.80. The summed E-state index contributed by atoms with van der Waals surface area (Å²) in [5, 5.41) is 3.42. The Hall–Kier alpha value is -2.27. The van der Waals surface area contributed by atoms with Crippen LogP contribution in [-0.4, -0.2) is 26.5 Å². The highest BCUT2D eigenvalue weighted by Crippen LogP contribution is 2.54. The maximum Gasteiger partial charge on any atom is 0.231 e. The minimum atomic E-state index is -0.166. The van der Waals surface area contributed by atoms with E-state index < -0.39 is 0 Å². The molecule has 3 aliphatic rings. The molecule has 0 aromatic heterocycles. The van der Waals surface area contributed by atoms with Crippen molar-refractivity contribution in [3.8, 4) is 17.2 Å². The number of ether oxygens (including phenoxy) is 3. The van der Waals surface area contributed by atoms with Gasteiger partial charge in [-0.25, -0.2) is 4.39 Å². The standard InChI is InChI=1S/C18H16FNO3/c19-11-1-3-14-13(5-11)15-7-20-8-18(14,15)9-21-12-2-4-16-17(6-12)23-10-22-16/h1-6,15,20H,7-10H2/t15-,18-/m0/s1. The molecule has 2 heterocycles. The van der Waals surface area contributed by atoms with Crippen LogP contribution in [0.1, 0.15) is 17.0 Å². The molecule has 118 valence electrons. The van der Waals surface area contributed by atoms with Crippen molar-refractivity contribution in [3.63, 3.8) is 0 Å². The minimum Gasteiger partial charge on any atom is -0.492 e. The van der Waals surface area contributed by atoms with Gasteiger partial charge in [0.05, 0.1) is 12.0 Å². The summed E-state index contributed by atoms with van der Waals surface area (Å²) in [6.07, 6.45) is 0. The molecule has 0 amide bonds. The van der Waals surface area contributed by atoms with Gasteiger partial charge in [-0.05, 0) is 35.4 Å². The molecule has 2 atom stereocenters. The van der Waals surface area contributed by atoms with Gasteiger partial charge < -0.3 is 19.5 Å². The molecule has 2 aromatic carbocycles. The number of hydrogen-bond acceptors (Lipinski definition) is 4. The molecule has 0 radical (unpaired) electrons. The summed E-state index contributed by atoms with van der Waals surface area (Å²) in [5.74, 6) is 2.39. The van der Waals surface area contributed by atoms with Crippen molar-refractivity contribution < 1.29 is 18.6 Å². The van der Waals surface area contributed by atoms with Crippen LogP contribution in [0.25, 0.3) is 0 Å². The molecule has 0 bridgehead atoms. The van der Waals surface area contributed by atoms with E-state index in [2.05, 4.69) is 5.32 Å². The first-order valence-corrected chi connectivity index (χ1v) is 7.79.